The van der Waals surface area contributed by atoms with Crippen molar-refractivity contribution in [2.75, 3.05) is 32.6 Å². The van der Waals surface area contributed by atoms with Crippen molar-refractivity contribution in [3.8, 4) is 0 Å². The molecule has 0 aliphatic heterocycles. The predicted octanol–water partition coefficient (Wildman–Crippen LogP) is 2.12. The molecule has 0 unspecified atom stereocenters. The summed E-state index contributed by atoms with van der Waals surface area (Å²) in [6.07, 6.45) is 4.24. The number of nitrogens with one attached hydrogen (secondary N) is 1. The summed E-state index contributed by atoms with van der Waals surface area (Å²) in [5.74, 6) is 0.526. The number of halogens is 1. The molecule has 0 fully saturated rings. The van der Waals surface area contributed by atoms with E-state index in [1.165, 1.54) is 0 Å². The second kappa shape index (κ2) is 8.12. The molecule has 0 aliphatic rings. The molecule has 0 aromatic carbocycles. The molecule has 0 saturated heterocycles. The molecule has 5 nitrogen and oxygen atoms in total. The summed E-state index contributed by atoms with van der Waals surface area (Å²) in [7, 11) is 3.52. The van der Waals surface area contributed by atoms with Gasteiger partial charge in [-0.25, -0.2) is 4.98 Å². The van der Waals surface area contributed by atoms with Crippen LogP contribution in [0.25, 0.3) is 0 Å². The SMILES string of the molecule is CNc1ncc(Br)cc1C(=O)N(C)CCCCCO. The quantitative estimate of drug-likeness (QED) is 0.752. The van der Waals surface area contributed by atoms with Gasteiger partial charge in [0, 0.05) is 37.9 Å². The van der Waals surface area contributed by atoms with Crippen LogP contribution in [0.4, 0.5) is 5.82 Å². The Labute approximate surface area is 122 Å². The van der Waals surface area contributed by atoms with Crippen molar-refractivity contribution in [3.05, 3.63) is 22.3 Å². The summed E-state index contributed by atoms with van der Waals surface area (Å²) in [5, 5.41) is 11.6. The van der Waals surface area contributed by atoms with Gasteiger partial charge in [-0.1, -0.05) is 0 Å². The molecule has 106 valence electrons. The largest absolute Gasteiger partial charge is 0.396 e. The van der Waals surface area contributed by atoms with Gasteiger partial charge in [-0.05, 0) is 41.3 Å². The number of carbonyl (C=O) groups is 1. The number of carbonyl (C=O) groups excluding carboxylic acids is 1. The van der Waals surface area contributed by atoms with Gasteiger partial charge in [0.05, 0.1) is 5.56 Å². The highest BCUT2D eigenvalue weighted by Crippen LogP contribution is 2.19. The topological polar surface area (TPSA) is 65.5 Å². The van der Waals surface area contributed by atoms with E-state index in [9.17, 15) is 4.79 Å². The molecule has 1 rings (SSSR count). The van der Waals surface area contributed by atoms with Crippen molar-refractivity contribution in [3.63, 3.8) is 0 Å². The van der Waals surface area contributed by atoms with Gasteiger partial charge in [-0.15, -0.1) is 0 Å². The van der Waals surface area contributed by atoms with Gasteiger partial charge in [-0.2, -0.15) is 0 Å². The summed E-state index contributed by atoms with van der Waals surface area (Å²) in [6, 6.07) is 1.77. The Morgan fingerprint density at radius 3 is 2.84 bits per heavy atom. The molecular weight excluding hydrogens is 310 g/mol. The fourth-order valence-electron chi connectivity index (χ4n) is 1.75. The second-order valence-electron chi connectivity index (χ2n) is 4.31. The number of pyridine rings is 1. The van der Waals surface area contributed by atoms with Crippen molar-refractivity contribution >= 4 is 27.7 Å². The highest BCUT2D eigenvalue weighted by atomic mass is 79.9. The number of hydrogen-bond donors (Lipinski definition) is 2. The Balaban J connectivity index is 2.68. The van der Waals surface area contributed by atoms with Crippen LogP contribution in [-0.2, 0) is 0 Å². The van der Waals surface area contributed by atoms with E-state index in [0.29, 0.717) is 17.9 Å². The van der Waals surface area contributed by atoms with Gasteiger partial charge in [0.25, 0.3) is 5.91 Å². The first-order chi connectivity index (χ1) is 9.10. The van der Waals surface area contributed by atoms with Gasteiger partial charge in [0.15, 0.2) is 0 Å². The summed E-state index contributed by atoms with van der Waals surface area (Å²) in [5.41, 5.74) is 0.557. The Kier molecular flexibility index (Phi) is 6.80. The van der Waals surface area contributed by atoms with E-state index < -0.39 is 0 Å². The molecule has 1 heterocycles. The summed E-state index contributed by atoms with van der Waals surface area (Å²) in [6.45, 7) is 0.881. The van der Waals surface area contributed by atoms with Gasteiger partial charge >= 0.3 is 0 Å². The smallest absolute Gasteiger partial charge is 0.257 e. The average Bonchev–Trinajstić information content (AvgIpc) is 2.42. The van der Waals surface area contributed by atoms with Crippen molar-refractivity contribution in [2.24, 2.45) is 0 Å². The zero-order valence-corrected chi connectivity index (χ0v) is 12.9. The van der Waals surface area contributed by atoms with Gasteiger partial charge < -0.3 is 15.3 Å². The Morgan fingerprint density at radius 1 is 1.47 bits per heavy atom. The number of aliphatic hydroxyl groups excluding tert-OH is 1. The molecular formula is C13H20BrN3O2. The zero-order chi connectivity index (χ0) is 14.3. The fourth-order valence-corrected chi connectivity index (χ4v) is 2.08. The number of aliphatic hydroxyl groups is 1. The minimum atomic E-state index is -0.0536. The van der Waals surface area contributed by atoms with Crippen LogP contribution in [-0.4, -0.2) is 48.1 Å². The molecule has 0 saturated carbocycles. The first-order valence-electron chi connectivity index (χ1n) is 6.29. The van der Waals surface area contributed by atoms with E-state index in [1.807, 2.05) is 0 Å². The maximum Gasteiger partial charge on any atom is 0.257 e. The highest BCUT2D eigenvalue weighted by Gasteiger charge is 2.16. The fraction of sp³-hybridized carbons (Fsp3) is 0.538. The summed E-state index contributed by atoms with van der Waals surface area (Å²) in [4.78, 5) is 18.2. The van der Waals surface area contributed by atoms with Crippen LogP contribution in [0.2, 0.25) is 0 Å². The van der Waals surface area contributed by atoms with Crippen LogP contribution in [0, 0.1) is 0 Å². The molecule has 19 heavy (non-hydrogen) atoms. The lowest BCUT2D eigenvalue weighted by molar-refractivity contribution is 0.0792. The molecule has 1 aromatic heterocycles. The third-order valence-electron chi connectivity index (χ3n) is 2.82. The normalized spacial score (nSPS) is 10.3. The maximum absolute atomic E-state index is 12.3. The third kappa shape index (κ3) is 4.80. The maximum atomic E-state index is 12.3. The molecule has 1 aromatic rings. The van der Waals surface area contributed by atoms with Crippen molar-refractivity contribution in [1.29, 1.82) is 0 Å². The van der Waals surface area contributed by atoms with Crippen molar-refractivity contribution in [2.45, 2.75) is 19.3 Å². The van der Waals surface area contributed by atoms with Crippen molar-refractivity contribution in [1.82, 2.24) is 9.88 Å². The second-order valence-corrected chi connectivity index (χ2v) is 5.23. The molecule has 0 bridgehead atoms. The van der Waals surface area contributed by atoms with Crippen LogP contribution < -0.4 is 5.32 Å². The number of aromatic nitrogens is 1. The standard InChI is InChI=1S/C13H20BrN3O2/c1-15-12-11(8-10(14)9-16-12)13(19)17(2)6-4-3-5-7-18/h8-9,18H,3-7H2,1-2H3,(H,15,16). The monoisotopic (exact) mass is 329 g/mol. The van der Waals surface area contributed by atoms with Gasteiger partial charge in [0.1, 0.15) is 5.82 Å². The van der Waals surface area contributed by atoms with Crippen LogP contribution in [0.5, 0.6) is 0 Å². The number of amides is 1. The summed E-state index contributed by atoms with van der Waals surface area (Å²) >= 11 is 3.33. The number of hydrogen-bond acceptors (Lipinski definition) is 4. The zero-order valence-electron chi connectivity index (χ0n) is 11.3. The van der Waals surface area contributed by atoms with E-state index in [0.717, 1.165) is 23.7 Å². The van der Waals surface area contributed by atoms with Crippen LogP contribution >= 0.6 is 15.9 Å². The molecule has 0 atom stereocenters. The summed E-state index contributed by atoms with van der Waals surface area (Å²) < 4.78 is 0.781. The molecule has 0 aliphatic carbocycles. The average molecular weight is 330 g/mol. The van der Waals surface area contributed by atoms with E-state index in [2.05, 4.69) is 26.2 Å². The Hall–Kier alpha value is -1.14. The minimum absolute atomic E-state index is 0.0536. The number of nitrogens with zero attached hydrogens (tertiary/aromatic N) is 2. The minimum Gasteiger partial charge on any atom is -0.396 e. The van der Waals surface area contributed by atoms with Crippen LogP contribution in [0.3, 0.4) is 0 Å². The molecule has 2 N–H and O–H groups in total. The number of rotatable bonds is 7. The van der Waals surface area contributed by atoms with Gasteiger partial charge in [-0.3, -0.25) is 4.79 Å². The van der Waals surface area contributed by atoms with Gasteiger partial charge in [0.2, 0.25) is 0 Å². The lowest BCUT2D eigenvalue weighted by Crippen LogP contribution is -2.28. The molecule has 0 spiro atoms. The molecule has 0 radical (unpaired) electrons. The number of unbranched alkanes of at least 4 members (excludes halogenated alkanes) is 2. The van der Waals surface area contributed by atoms with E-state index in [-0.39, 0.29) is 12.5 Å². The predicted molar refractivity (Wildman–Crippen MR) is 79.4 cm³/mol. The number of anilines is 1. The highest BCUT2D eigenvalue weighted by molar-refractivity contribution is 9.10. The lowest BCUT2D eigenvalue weighted by atomic mass is 10.2. The Morgan fingerprint density at radius 2 is 2.21 bits per heavy atom. The first-order valence-corrected chi connectivity index (χ1v) is 7.09. The van der Waals surface area contributed by atoms with Crippen LogP contribution in [0.15, 0.2) is 16.7 Å². The third-order valence-corrected chi connectivity index (χ3v) is 3.25. The molecule has 1 amide bonds. The van der Waals surface area contributed by atoms with Crippen LogP contribution in [0.1, 0.15) is 29.6 Å². The van der Waals surface area contributed by atoms with E-state index >= 15 is 0 Å². The lowest BCUT2D eigenvalue weighted by Gasteiger charge is -2.18. The Bertz CT molecular complexity index is 426. The van der Waals surface area contributed by atoms with E-state index in [1.54, 1.807) is 31.3 Å². The first kappa shape index (κ1) is 15.9. The van der Waals surface area contributed by atoms with Crippen molar-refractivity contribution < 1.29 is 9.90 Å². The molecule has 6 heteroatoms. The van der Waals surface area contributed by atoms with E-state index in [4.69, 9.17) is 5.11 Å².